The van der Waals surface area contributed by atoms with Crippen molar-refractivity contribution in [1.29, 1.82) is 0 Å². The summed E-state index contributed by atoms with van der Waals surface area (Å²) in [5, 5.41) is 31.8. The van der Waals surface area contributed by atoms with Gasteiger partial charge in [0.05, 0.1) is 6.61 Å². The summed E-state index contributed by atoms with van der Waals surface area (Å²) in [7, 11) is -18.3. The lowest BCUT2D eigenvalue weighted by Crippen LogP contribution is -2.65. The van der Waals surface area contributed by atoms with Crippen LogP contribution in [-0.4, -0.2) is 108 Å². The van der Waals surface area contributed by atoms with Gasteiger partial charge in [-0.25, -0.2) is 13.7 Å². The number of hydrogen-bond donors (Lipinski definition) is 8. The second-order valence-electron chi connectivity index (χ2n) is 8.05. The molecule has 278 valence electrons. The Morgan fingerprint density at radius 2 is 1.13 bits per heavy atom. The lowest BCUT2D eigenvalue weighted by atomic mass is 9.85. The molecule has 1 rings (SSSR count). The first-order valence-electron chi connectivity index (χ1n) is 26.7. The largest absolute Gasteiger partial charge is 0.472 e. The summed E-state index contributed by atoms with van der Waals surface area (Å²) in [5.41, 5.74) is 0. The van der Waals surface area contributed by atoms with Gasteiger partial charge in [-0.2, -0.15) is 0 Å². The van der Waals surface area contributed by atoms with E-state index in [1.165, 1.54) is 0 Å². The number of hydrogen-bond acceptors (Lipinski definition) is 14. The van der Waals surface area contributed by atoms with Gasteiger partial charge in [-0.1, -0.05) is 64.7 Å². The molecule has 0 radical (unpaired) electrons. The van der Waals surface area contributed by atoms with Crippen molar-refractivity contribution in [3.63, 3.8) is 0 Å². The van der Waals surface area contributed by atoms with Crippen LogP contribution >= 0.6 is 23.5 Å². The second kappa shape index (κ2) is 21.4. The fourth-order valence-corrected chi connectivity index (χ4v) is 5.16. The Morgan fingerprint density at radius 3 is 1.64 bits per heavy atom. The quantitative estimate of drug-likeness (QED) is 0.0511. The summed E-state index contributed by atoms with van der Waals surface area (Å²) in [5.74, 6) is -5.84. The topological polar surface area (TPSA) is 303 Å². The molecule has 1 unspecified atom stereocenters. The van der Waals surface area contributed by atoms with Gasteiger partial charge in [0.1, 0.15) is 43.2 Å². The van der Waals surface area contributed by atoms with Gasteiger partial charge in [-0.05, 0) is 12.7 Å². The summed E-state index contributed by atoms with van der Waals surface area (Å²) >= 11 is 0. The number of phosphoric acid groups is 3. The minimum Gasteiger partial charge on any atom is -0.462 e. The summed E-state index contributed by atoms with van der Waals surface area (Å²) in [4.78, 5) is 74.4. The van der Waals surface area contributed by atoms with Crippen LogP contribution in [0.15, 0.2) is 0 Å². The van der Waals surface area contributed by atoms with E-state index >= 15 is 0 Å². The first kappa shape index (κ1) is 16.2. The Balaban J connectivity index is 4.00. The van der Waals surface area contributed by atoms with Gasteiger partial charge in [-0.15, -0.1) is 0 Å². The Morgan fingerprint density at radius 1 is 0.660 bits per heavy atom. The average molecular weight is 777 g/mol. The third-order valence-electron chi connectivity index (χ3n) is 4.72. The molecule has 0 aromatic heterocycles. The van der Waals surface area contributed by atoms with Crippen molar-refractivity contribution in [2.45, 2.75) is 133 Å². The molecule has 8 atom stereocenters. The number of phosphoric ester groups is 3. The summed E-state index contributed by atoms with van der Waals surface area (Å²) in [6, 6.07) is 0. The lowest BCUT2D eigenvalue weighted by molar-refractivity contribution is -0.213. The molecule has 47 heavy (non-hydrogen) atoms. The van der Waals surface area contributed by atoms with Crippen LogP contribution in [0.1, 0.15) is 131 Å². The third kappa shape index (κ3) is 18.6. The Kier molecular flexibility index (Phi) is 7.38. The molecule has 1 saturated carbocycles. The minimum atomic E-state index is -6.40. The molecule has 0 heterocycles. The maximum Gasteiger partial charge on any atom is 0.472 e. The summed E-state index contributed by atoms with van der Waals surface area (Å²) in [6.07, 6.45) is -78.4. The number of aliphatic hydroxyl groups excluding tert-OH is 3. The van der Waals surface area contributed by atoms with Crippen molar-refractivity contribution in [3.05, 3.63) is 0 Å². The van der Waals surface area contributed by atoms with Crippen molar-refractivity contribution in [3.8, 4) is 0 Å². The first-order chi connectivity index (χ1) is 33.1. The van der Waals surface area contributed by atoms with Crippen molar-refractivity contribution >= 4 is 35.4 Å². The Labute approximate surface area is 315 Å². The smallest absolute Gasteiger partial charge is 0.462 e. The van der Waals surface area contributed by atoms with Crippen molar-refractivity contribution in [1.82, 2.24) is 0 Å². The van der Waals surface area contributed by atoms with Gasteiger partial charge >= 0.3 is 35.4 Å². The second-order valence-corrected chi connectivity index (χ2v) is 11.8. The molecule has 0 amide bonds. The number of ether oxygens (including phenoxy) is 2. The Hall–Kier alpha value is -0.850. The van der Waals surface area contributed by atoms with Crippen LogP contribution in [0, 0.1) is 0 Å². The van der Waals surface area contributed by atoms with E-state index in [9.17, 15) is 63.1 Å². The zero-order chi connectivity index (χ0) is 62.4. The molecular formula is C25H49O19P3. The first-order valence-corrected chi connectivity index (χ1v) is 16.3. The highest BCUT2D eigenvalue weighted by molar-refractivity contribution is 7.47. The van der Waals surface area contributed by atoms with E-state index in [1.807, 2.05) is 0 Å². The molecule has 19 nitrogen and oxygen atoms in total. The SMILES string of the molecule is [2H]C([2H])([2H])C([2H])([2H])C([2H])([2H])C([2H])([2H])C([2H])([2H])C([2H])([2H])C([2H])([2H])C(=O)OC[C@H](COP(=O)(O)O[C@@H]1[C@H](O)[C@H](O)[C@@H](OP(=O)(O)O)[C@H](OP(=O)(O)O)[C@H]1O)OC(=O)C([2H])([2H])C([2H])([2H])C([2H])([2H])C([2H])([2H])C([2H])([2H])C([2H])([2H])C([2H])([2H])[2H]. The minimum absolute atomic E-state index is 2.15. The molecule has 0 bridgehead atoms. The lowest BCUT2D eigenvalue weighted by Gasteiger charge is -2.44. The maximum absolute atomic E-state index is 13.5. The van der Waals surface area contributed by atoms with E-state index in [0.717, 1.165) is 0 Å². The monoisotopic (exact) mass is 776 g/mol. The van der Waals surface area contributed by atoms with E-state index in [2.05, 4.69) is 27.6 Å². The zero-order valence-electron chi connectivity index (χ0n) is 52.9. The van der Waals surface area contributed by atoms with Crippen LogP contribution in [0.2, 0.25) is 0 Å². The molecule has 1 aliphatic rings. The Bertz CT molecular complexity index is 2280. The van der Waals surface area contributed by atoms with Gasteiger partial charge in [0, 0.05) is 53.9 Å². The number of aliphatic hydroxyl groups is 3. The molecule has 0 saturated heterocycles. The van der Waals surface area contributed by atoms with Gasteiger partial charge in [0.25, 0.3) is 0 Å². The molecular weight excluding hydrogens is 697 g/mol. The molecule has 0 aromatic carbocycles. The molecule has 0 aromatic rings. The number of carbonyl (C=O) groups is 2. The third-order valence-corrected chi connectivity index (χ3v) is 6.74. The number of esters is 2. The maximum atomic E-state index is 13.5. The van der Waals surface area contributed by atoms with Gasteiger partial charge in [0.15, 0.2) is 6.10 Å². The van der Waals surface area contributed by atoms with Crippen molar-refractivity contribution in [2.24, 2.45) is 0 Å². The van der Waals surface area contributed by atoms with Crippen LogP contribution in [0.4, 0.5) is 0 Å². The molecule has 0 spiro atoms. The van der Waals surface area contributed by atoms with Crippen LogP contribution in [0.5, 0.6) is 0 Å². The molecule has 22 heteroatoms. The van der Waals surface area contributed by atoms with E-state index in [-0.39, 0.29) is 0 Å². The fourth-order valence-electron chi connectivity index (χ4n) is 3.07. The van der Waals surface area contributed by atoms with Gasteiger partial charge < -0.3 is 49.3 Å². The van der Waals surface area contributed by atoms with Gasteiger partial charge in [0.2, 0.25) is 0 Å². The van der Waals surface area contributed by atoms with Gasteiger partial charge in [-0.3, -0.25) is 27.7 Å². The van der Waals surface area contributed by atoms with Crippen molar-refractivity contribution in [2.75, 3.05) is 13.2 Å². The number of carbonyl (C=O) groups excluding carboxylic acids is 2. The van der Waals surface area contributed by atoms with Crippen molar-refractivity contribution < 1.29 is 132 Å². The predicted molar refractivity (Wildman–Crippen MR) is 160 cm³/mol. The van der Waals surface area contributed by atoms with E-state index < -0.39 is 182 Å². The standard InChI is InChI=1S/C25H49O19P3/c1-3-5-7-9-11-13-18(26)39-15-17(41-19(27)14-12-10-8-6-4-2)16-40-47(37,38)44-23-20(28)21(29)24(42-45(31,32)33)25(22(23)30)43-46(34,35)36/h17,20-25,28-30H,3-16H2,1-2H3,(H,37,38)(H2,31,32,33)(H2,34,35,36)/t17-,20-,21+,22+,23-,24-,25-/m1/s1/i1D3,2D3,3D2,4D2,5D2,6D2,7D2,8D2,9D2,10D2,11D2,12D2,13D2,14D2. The highest BCUT2D eigenvalue weighted by atomic mass is 31.2. The molecule has 1 aliphatic carbocycles. The summed E-state index contributed by atoms with van der Waals surface area (Å²) in [6.45, 7) is -12.7. The normalized spacial score (nSPS) is 39.2. The molecule has 0 aliphatic heterocycles. The molecule has 8 N–H and O–H groups in total. The number of rotatable bonds is 24. The van der Waals surface area contributed by atoms with Crippen LogP contribution in [0.3, 0.4) is 0 Å². The highest BCUT2D eigenvalue weighted by Gasteiger charge is 2.56. The fraction of sp³-hybridized carbons (Fsp3) is 0.920. The van der Waals surface area contributed by atoms with Crippen LogP contribution in [0.25, 0.3) is 0 Å². The highest BCUT2D eigenvalue weighted by Crippen LogP contribution is 2.51. The predicted octanol–water partition coefficient (Wildman–Crippen LogP) is 1.72. The average Bonchev–Trinajstić information content (AvgIpc) is 3.21. The van der Waals surface area contributed by atoms with E-state index in [0.29, 0.717) is 0 Å². The summed E-state index contributed by atoms with van der Waals surface area (Å²) < 4.78 is 299. The van der Waals surface area contributed by atoms with Crippen LogP contribution in [-0.2, 0) is 50.9 Å². The van der Waals surface area contributed by atoms with Crippen LogP contribution < -0.4 is 0 Å². The van der Waals surface area contributed by atoms with E-state index in [4.69, 9.17) is 41.1 Å². The van der Waals surface area contributed by atoms with E-state index in [1.54, 1.807) is 0 Å². The zero-order valence-corrected chi connectivity index (χ0v) is 25.5. The molecule has 1 fully saturated rings.